The van der Waals surface area contributed by atoms with Crippen LogP contribution in [0.3, 0.4) is 0 Å². The van der Waals surface area contributed by atoms with Crippen LogP contribution in [0.2, 0.25) is 0 Å². The summed E-state index contributed by atoms with van der Waals surface area (Å²) in [5, 5.41) is 10.7. The number of guanidine groups is 1. The summed E-state index contributed by atoms with van der Waals surface area (Å²) in [6.07, 6.45) is 0. The second-order valence-electron chi connectivity index (χ2n) is 2.98. The van der Waals surface area contributed by atoms with Gasteiger partial charge in [-0.3, -0.25) is 14.9 Å². The zero-order valence-corrected chi connectivity index (χ0v) is 8.91. The van der Waals surface area contributed by atoms with Gasteiger partial charge in [0.15, 0.2) is 5.96 Å². The maximum Gasteiger partial charge on any atom is 0.287 e. The van der Waals surface area contributed by atoms with Crippen LogP contribution >= 0.6 is 0 Å². The lowest BCUT2D eigenvalue weighted by Crippen LogP contribution is -2.24. The molecule has 4 N–H and O–H groups in total. The molecule has 17 heavy (non-hydrogen) atoms. The van der Waals surface area contributed by atoms with Crippen molar-refractivity contribution in [1.82, 2.24) is 0 Å². The minimum Gasteiger partial charge on any atom is -0.497 e. The number of amides is 1. The van der Waals surface area contributed by atoms with E-state index in [2.05, 4.69) is 4.99 Å². The summed E-state index contributed by atoms with van der Waals surface area (Å²) in [4.78, 5) is 24.8. The van der Waals surface area contributed by atoms with Crippen molar-refractivity contribution in [2.24, 2.45) is 16.5 Å². The number of rotatable bonds is 3. The Hall–Kier alpha value is -2.64. The third kappa shape index (κ3) is 2.91. The molecule has 0 unspecified atom stereocenters. The van der Waals surface area contributed by atoms with Crippen LogP contribution in [-0.2, 0) is 0 Å². The molecular formula is C9H10N4O4. The lowest BCUT2D eigenvalue weighted by molar-refractivity contribution is -0.385. The molecule has 1 rings (SSSR count). The molecule has 0 fully saturated rings. The summed E-state index contributed by atoms with van der Waals surface area (Å²) < 4.78 is 4.86. The van der Waals surface area contributed by atoms with E-state index in [0.29, 0.717) is 5.75 Å². The zero-order valence-electron chi connectivity index (χ0n) is 8.91. The van der Waals surface area contributed by atoms with Gasteiger partial charge in [0.1, 0.15) is 11.3 Å². The lowest BCUT2D eigenvalue weighted by atomic mass is 10.1. The predicted molar refractivity (Wildman–Crippen MR) is 59.8 cm³/mol. The predicted octanol–water partition coefficient (Wildman–Crippen LogP) is 0.0170. The van der Waals surface area contributed by atoms with Gasteiger partial charge in [0.05, 0.1) is 12.0 Å². The van der Waals surface area contributed by atoms with Crippen LogP contribution < -0.4 is 16.2 Å². The maximum atomic E-state index is 11.5. The van der Waals surface area contributed by atoms with Gasteiger partial charge in [-0.1, -0.05) is 0 Å². The molecule has 0 aliphatic heterocycles. The smallest absolute Gasteiger partial charge is 0.287 e. The highest BCUT2D eigenvalue weighted by Crippen LogP contribution is 2.24. The fraction of sp³-hybridized carbons (Fsp3) is 0.111. The maximum absolute atomic E-state index is 11.5. The number of benzene rings is 1. The first-order chi connectivity index (χ1) is 7.95. The summed E-state index contributed by atoms with van der Waals surface area (Å²) in [7, 11) is 1.37. The van der Waals surface area contributed by atoms with Gasteiger partial charge in [0.2, 0.25) is 0 Å². The van der Waals surface area contributed by atoms with E-state index in [9.17, 15) is 14.9 Å². The van der Waals surface area contributed by atoms with Crippen LogP contribution in [-0.4, -0.2) is 23.9 Å². The summed E-state index contributed by atoms with van der Waals surface area (Å²) in [5.41, 5.74) is 9.44. The van der Waals surface area contributed by atoms with E-state index in [1.165, 1.54) is 19.2 Å². The van der Waals surface area contributed by atoms with Crippen molar-refractivity contribution >= 4 is 17.6 Å². The van der Waals surface area contributed by atoms with Gasteiger partial charge in [-0.25, -0.2) is 0 Å². The van der Waals surface area contributed by atoms with Gasteiger partial charge in [-0.2, -0.15) is 4.99 Å². The Balaban J connectivity index is 3.32. The molecule has 1 aromatic rings. The Bertz CT molecular complexity index is 494. The molecule has 1 aromatic carbocycles. The molecule has 8 heteroatoms. The van der Waals surface area contributed by atoms with Crippen LogP contribution in [0.25, 0.3) is 0 Å². The summed E-state index contributed by atoms with van der Waals surface area (Å²) >= 11 is 0. The standard InChI is InChI=1S/C9H10N4O4/c1-17-5-2-3-7(13(15)16)6(4-5)8(14)12-9(10)11/h2-4H,1H3,(H4,10,11,12,14). The van der Waals surface area contributed by atoms with Crippen molar-refractivity contribution < 1.29 is 14.5 Å². The SMILES string of the molecule is COc1ccc([N+](=O)[O-])c(C(=O)N=C(N)N)c1. The van der Waals surface area contributed by atoms with E-state index in [1.807, 2.05) is 0 Å². The Morgan fingerprint density at radius 3 is 2.59 bits per heavy atom. The molecule has 0 spiro atoms. The van der Waals surface area contributed by atoms with E-state index in [-0.39, 0.29) is 11.3 Å². The van der Waals surface area contributed by atoms with Crippen LogP contribution in [0.1, 0.15) is 10.4 Å². The average molecular weight is 238 g/mol. The molecule has 0 aliphatic carbocycles. The third-order valence-corrected chi connectivity index (χ3v) is 1.86. The van der Waals surface area contributed by atoms with E-state index < -0.39 is 16.8 Å². The molecule has 0 aliphatic rings. The minimum absolute atomic E-state index is 0.234. The summed E-state index contributed by atoms with van der Waals surface area (Å²) in [6, 6.07) is 3.71. The number of aliphatic imine (C=N–C) groups is 1. The van der Waals surface area contributed by atoms with Crippen molar-refractivity contribution in [2.75, 3.05) is 7.11 Å². The van der Waals surface area contributed by atoms with Crippen LogP contribution in [0, 0.1) is 10.1 Å². The van der Waals surface area contributed by atoms with Crippen LogP contribution in [0.15, 0.2) is 23.2 Å². The van der Waals surface area contributed by atoms with Crippen molar-refractivity contribution in [1.29, 1.82) is 0 Å². The van der Waals surface area contributed by atoms with Gasteiger partial charge in [0.25, 0.3) is 11.6 Å². The van der Waals surface area contributed by atoms with E-state index in [1.54, 1.807) is 0 Å². The fourth-order valence-electron chi connectivity index (χ4n) is 1.15. The number of nitrogens with zero attached hydrogens (tertiary/aromatic N) is 2. The highest BCUT2D eigenvalue weighted by atomic mass is 16.6. The first kappa shape index (κ1) is 12.4. The normalized spacial score (nSPS) is 9.47. The molecule has 0 radical (unpaired) electrons. The second kappa shape index (κ2) is 4.92. The van der Waals surface area contributed by atoms with Gasteiger partial charge in [-0.05, 0) is 12.1 Å². The first-order valence-corrected chi connectivity index (χ1v) is 4.42. The number of nitro groups is 1. The number of hydrogen-bond acceptors (Lipinski definition) is 4. The Labute approximate surface area is 96.0 Å². The number of nitrogens with two attached hydrogens (primary N) is 2. The van der Waals surface area contributed by atoms with Gasteiger partial charge in [-0.15, -0.1) is 0 Å². The van der Waals surface area contributed by atoms with Crippen LogP contribution in [0.5, 0.6) is 5.75 Å². The minimum atomic E-state index is -0.893. The molecule has 0 bridgehead atoms. The molecule has 0 saturated heterocycles. The number of methoxy groups -OCH3 is 1. The number of carbonyl (C=O) groups is 1. The highest BCUT2D eigenvalue weighted by molar-refractivity contribution is 6.04. The van der Waals surface area contributed by atoms with Crippen molar-refractivity contribution in [3.05, 3.63) is 33.9 Å². The van der Waals surface area contributed by atoms with E-state index in [0.717, 1.165) is 6.07 Å². The van der Waals surface area contributed by atoms with Crippen molar-refractivity contribution in [3.8, 4) is 5.75 Å². The monoisotopic (exact) mass is 238 g/mol. The quantitative estimate of drug-likeness (QED) is 0.330. The summed E-state index contributed by atoms with van der Waals surface area (Å²) in [5.74, 6) is -1.06. The van der Waals surface area contributed by atoms with E-state index >= 15 is 0 Å². The van der Waals surface area contributed by atoms with Crippen molar-refractivity contribution in [3.63, 3.8) is 0 Å². The van der Waals surface area contributed by atoms with Crippen molar-refractivity contribution in [2.45, 2.75) is 0 Å². The highest BCUT2D eigenvalue weighted by Gasteiger charge is 2.20. The third-order valence-electron chi connectivity index (χ3n) is 1.86. The molecule has 90 valence electrons. The molecular weight excluding hydrogens is 228 g/mol. The Morgan fingerprint density at radius 2 is 2.12 bits per heavy atom. The molecule has 8 nitrogen and oxygen atoms in total. The fourth-order valence-corrected chi connectivity index (χ4v) is 1.15. The molecule has 0 aromatic heterocycles. The number of ether oxygens (including phenoxy) is 1. The zero-order chi connectivity index (χ0) is 13.0. The Kier molecular flexibility index (Phi) is 3.60. The topological polar surface area (TPSA) is 134 Å². The van der Waals surface area contributed by atoms with Gasteiger partial charge >= 0.3 is 0 Å². The molecule has 0 heterocycles. The van der Waals surface area contributed by atoms with Gasteiger partial charge in [0, 0.05) is 6.07 Å². The average Bonchev–Trinajstić information content (AvgIpc) is 2.27. The second-order valence-corrected chi connectivity index (χ2v) is 2.98. The number of nitro benzene ring substituents is 1. The lowest BCUT2D eigenvalue weighted by Gasteiger charge is -2.02. The number of hydrogen-bond donors (Lipinski definition) is 2. The van der Waals surface area contributed by atoms with Gasteiger partial charge < -0.3 is 16.2 Å². The molecule has 0 saturated carbocycles. The molecule has 1 amide bonds. The largest absolute Gasteiger partial charge is 0.497 e. The number of carbonyl (C=O) groups excluding carboxylic acids is 1. The Morgan fingerprint density at radius 1 is 1.47 bits per heavy atom. The van der Waals surface area contributed by atoms with Crippen LogP contribution in [0.4, 0.5) is 5.69 Å². The molecule has 0 atom stereocenters. The summed E-state index contributed by atoms with van der Waals surface area (Å²) in [6.45, 7) is 0. The van der Waals surface area contributed by atoms with E-state index in [4.69, 9.17) is 16.2 Å². The first-order valence-electron chi connectivity index (χ1n) is 4.42.